The molecule has 0 spiro atoms. The van der Waals surface area contributed by atoms with Gasteiger partial charge >= 0.3 is 5.97 Å². The zero-order valence-electron chi connectivity index (χ0n) is 21.0. The van der Waals surface area contributed by atoms with Gasteiger partial charge in [0.2, 0.25) is 17.7 Å². The number of carbonyl (C=O) groups excluding carboxylic acids is 3. The molecule has 3 amide bonds. The fraction of sp³-hybridized carbons (Fsp3) is 0.385. The molecule has 10 nitrogen and oxygen atoms in total. The number of phenols is 1. The van der Waals surface area contributed by atoms with Crippen LogP contribution in [0.3, 0.4) is 0 Å². The Labute approximate surface area is 231 Å². The number of thiol groups is 1. The van der Waals surface area contributed by atoms with Crippen molar-refractivity contribution in [1.82, 2.24) is 16.0 Å². The smallest absolute Gasteiger partial charge is 0.326 e. The van der Waals surface area contributed by atoms with E-state index in [4.69, 9.17) is 5.73 Å². The number of carboxylic acids is 1. The molecule has 0 saturated carbocycles. The molecule has 0 aliphatic heterocycles. The van der Waals surface area contributed by atoms with Crippen LogP contribution in [0.5, 0.6) is 5.75 Å². The van der Waals surface area contributed by atoms with E-state index >= 15 is 0 Å². The van der Waals surface area contributed by atoms with Crippen LogP contribution in [0.25, 0.3) is 0 Å². The molecule has 7 N–H and O–H groups in total. The summed E-state index contributed by atoms with van der Waals surface area (Å²) in [7, 11) is 0. The van der Waals surface area contributed by atoms with E-state index in [-0.39, 0.29) is 30.8 Å². The number of amides is 3. The van der Waals surface area contributed by atoms with E-state index in [0.717, 1.165) is 5.56 Å². The predicted octanol–water partition coefficient (Wildman–Crippen LogP) is 0.727. The highest BCUT2D eigenvalue weighted by atomic mass is 32.2. The molecule has 2 aromatic carbocycles. The zero-order chi connectivity index (χ0) is 28.1. The number of aromatic hydroxyl groups is 1. The average Bonchev–Trinajstić information content (AvgIpc) is 2.90. The van der Waals surface area contributed by atoms with Gasteiger partial charge in [-0.1, -0.05) is 42.5 Å². The molecule has 12 heteroatoms. The van der Waals surface area contributed by atoms with Gasteiger partial charge in [0.05, 0.1) is 6.04 Å². The van der Waals surface area contributed by atoms with Crippen molar-refractivity contribution >= 4 is 48.1 Å². The SMILES string of the molecule is CSCCC(NC(=O)C(CS)NC(=O)C(N)Cc1ccccc1)C(=O)NC(Cc1ccc(O)cc1)C(=O)O. The lowest BCUT2D eigenvalue weighted by Gasteiger charge is -2.24. The Kier molecular flexibility index (Phi) is 13.0. The summed E-state index contributed by atoms with van der Waals surface area (Å²) in [5.41, 5.74) is 7.49. The van der Waals surface area contributed by atoms with Gasteiger partial charge in [0.25, 0.3) is 0 Å². The van der Waals surface area contributed by atoms with Crippen LogP contribution in [-0.4, -0.2) is 75.8 Å². The van der Waals surface area contributed by atoms with Crippen LogP contribution < -0.4 is 21.7 Å². The molecule has 2 rings (SSSR count). The lowest BCUT2D eigenvalue weighted by atomic mass is 10.0. The molecule has 206 valence electrons. The number of thioether (sulfide) groups is 1. The molecule has 4 unspecified atom stereocenters. The number of carbonyl (C=O) groups is 4. The monoisotopic (exact) mass is 562 g/mol. The number of phenolic OH excluding ortho intramolecular Hbond substituents is 1. The van der Waals surface area contributed by atoms with E-state index in [1.54, 1.807) is 12.1 Å². The molecule has 0 aliphatic carbocycles. The Morgan fingerprint density at radius 2 is 1.39 bits per heavy atom. The van der Waals surface area contributed by atoms with Crippen molar-refractivity contribution in [2.45, 2.75) is 43.4 Å². The van der Waals surface area contributed by atoms with Crippen LogP contribution >= 0.6 is 24.4 Å². The van der Waals surface area contributed by atoms with Crippen molar-refractivity contribution in [3.05, 3.63) is 65.7 Å². The molecule has 0 aliphatic rings. The van der Waals surface area contributed by atoms with Crippen LogP contribution in [0.4, 0.5) is 0 Å². The van der Waals surface area contributed by atoms with Gasteiger partial charge in [-0.15, -0.1) is 0 Å². The standard InChI is InChI=1S/C26H34N4O6S2/c1-38-12-11-20(24(33)29-21(26(35)36)14-17-7-9-18(31)10-8-17)28-25(34)22(15-37)30-23(32)19(27)13-16-5-3-2-4-6-16/h2-10,19-22,31,37H,11-15,27H2,1H3,(H,28,34)(H,29,33)(H,30,32)(H,35,36). The maximum atomic E-state index is 13.0. The van der Waals surface area contributed by atoms with E-state index in [0.29, 0.717) is 11.3 Å². The first-order chi connectivity index (χ1) is 18.1. The van der Waals surface area contributed by atoms with E-state index in [1.165, 1.54) is 23.9 Å². The van der Waals surface area contributed by atoms with Crippen LogP contribution in [-0.2, 0) is 32.0 Å². The minimum absolute atomic E-state index is 0.0147. The number of nitrogens with two attached hydrogens (primary N) is 1. The van der Waals surface area contributed by atoms with Crippen molar-refractivity contribution in [2.75, 3.05) is 17.8 Å². The van der Waals surface area contributed by atoms with E-state index < -0.39 is 47.9 Å². The Morgan fingerprint density at radius 1 is 0.842 bits per heavy atom. The van der Waals surface area contributed by atoms with Crippen molar-refractivity contribution in [3.63, 3.8) is 0 Å². The third kappa shape index (κ3) is 10.3. The second kappa shape index (κ2) is 15.9. The van der Waals surface area contributed by atoms with Gasteiger partial charge in [-0.05, 0) is 48.1 Å². The van der Waals surface area contributed by atoms with Crippen molar-refractivity contribution in [3.8, 4) is 5.75 Å². The van der Waals surface area contributed by atoms with Gasteiger partial charge < -0.3 is 31.9 Å². The topological polar surface area (TPSA) is 171 Å². The summed E-state index contributed by atoms with van der Waals surface area (Å²) >= 11 is 5.63. The summed E-state index contributed by atoms with van der Waals surface area (Å²) < 4.78 is 0. The molecule has 0 saturated heterocycles. The summed E-state index contributed by atoms with van der Waals surface area (Å²) in [5.74, 6) is -2.55. The molecule has 0 fully saturated rings. The van der Waals surface area contributed by atoms with Gasteiger partial charge in [-0.2, -0.15) is 24.4 Å². The van der Waals surface area contributed by atoms with Crippen LogP contribution in [0, 0.1) is 0 Å². The normalized spacial score (nSPS) is 14.0. The third-order valence-electron chi connectivity index (χ3n) is 5.69. The molecular weight excluding hydrogens is 528 g/mol. The molecule has 0 heterocycles. The number of carboxylic acid groups (broad SMARTS) is 1. The van der Waals surface area contributed by atoms with Crippen LogP contribution in [0.2, 0.25) is 0 Å². The van der Waals surface area contributed by atoms with E-state index in [2.05, 4.69) is 28.6 Å². The van der Waals surface area contributed by atoms with Crippen LogP contribution in [0.15, 0.2) is 54.6 Å². The lowest BCUT2D eigenvalue weighted by molar-refractivity contribution is -0.142. The second-order valence-electron chi connectivity index (χ2n) is 8.65. The average molecular weight is 563 g/mol. The van der Waals surface area contributed by atoms with Gasteiger partial charge in [0, 0.05) is 12.2 Å². The summed E-state index contributed by atoms with van der Waals surface area (Å²) in [6, 6.07) is 11.0. The maximum Gasteiger partial charge on any atom is 0.326 e. The first kappa shape index (κ1) is 31.0. The summed E-state index contributed by atoms with van der Waals surface area (Å²) in [5, 5.41) is 26.8. The summed E-state index contributed by atoms with van der Waals surface area (Å²) in [6.07, 6.45) is 2.35. The van der Waals surface area contributed by atoms with Gasteiger partial charge in [0.1, 0.15) is 23.9 Å². The van der Waals surface area contributed by atoms with Crippen molar-refractivity contribution in [2.24, 2.45) is 5.73 Å². The van der Waals surface area contributed by atoms with Gasteiger partial charge in [0.15, 0.2) is 0 Å². The molecular formula is C26H34N4O6S2. The fourth-order valence-electron chi connectivity index (χ4n) is 3.55. The molecule has 38 heavy (non-hydrogen) atoms. The van der Waals surface area contributed by atoms with Gasteiger partial charge in [-0.3, -0.25) is 14.4 Å². The summed E-state index contributed by atoms with van der Waals surface area (Å²) in [4.78, 5) is 50.4. The quantitative estimate of drug-likeness (QED) is 0.156. The molecule has 0 aromatic heterocycles. The highest BCUT2D eigenvalue weighted by Gasteiger charge is 2.30. The first-order valence-electron chi connectivity index (χ1n) is 12.0. The summed E-state index contributed by atoms with van der Waals surface area (Å²) in [6.45, 7) is 0. The lowest BCUT2D eigenvalue weighted by Crippen LogP contribution is -2.58. The minimum atomic E-state index is -1.25. The van der Waals surface area contributed by atoms with Crippen molar-refractivity contribution < 1.29 is 29.4 Å². The number of rotatable bonds is 15. The zero-order valence-corrected chi connectivity index (χ0v) is 22.7. The number of hydrogen-bond acceptors (Lipinski definition) is 8. The Balaban J connectivity index is 2.03. The van der Waals surface area contributed by atoms with E-state index in [9.17, 15) is 29.4 Å². The highest BCUT2D eigenvalue weighted by molar-refractivity contribution is 7.98. The molecule has 4 atom stereocenters. The number of benzene rings is 2. The fourth-order valence-corrected chi connectivity index (χ4v) is 4.28. The Morgan fingerprint density at radius 3 is 1.97 bits per heavy atom. The van der Waals surface area contributed by atoms with Crippen LogP contribution in [0.1, 0.15) is 17.5 Å². The number of hydrogen-bond donors (Lipinski definition) is 7. The predicted molar refractivity (Wildman–Crippen MR) is 150 cm³/mol. The highest BCUT2D eigenvalue weighted by Crippen LogP contribution is 2.12. The maximum absolute atomic E-state index is 13.0. The third-order valence-corrected chi connectivity index (χ3v) is 6.69. The Bertz CT molecular complexity index is 1070. The largest absolute Gasteiger partial charge is 0.508 e. The second-order valence-corrected chi connectivity index (χ2v) is 10.0. The van der Waals surface area contributed by atoms with E-state index in [1.807, 2.05) is 36.6 Å². The molecule has 0 radical (unpaired) electrons. The number of nitrogens with one attached hydrogen (secondary N) is 3. The van der Waals surface area contributed by atoms with Crippen molar-refractivity contribution in [1.29, 1.82) is 0 Å². The number of aliphatic carboxylic acids is 1. The Hall–Kier alpha value is -3.22. The molecule has 0 bridgehead atoms. The van der Waals surface area contributed by atoms with Gasteiger partial charge in [-0.25, -0.2) is 4.79 Å². The minimum Gasteiger partial charge on any atom is -0.508 e. The first-order valence-corrected chi connectivity index (χ1v) is 14.0. The molecule has 2 aromatic rings.